The van der Waals surface area contributed by atoms with Gasteiger partial charge in [0.15, 0.2) is 0 Å². The summed E-state index contributed by atoms with van der Waals surface area (Å²) in [6.45, 7) is 3.11. The summed E-state index contributed by atoms with van der Waals surface area (Å²) in [5.41, 5.74) is 0.374. The van der Waals surface area contributed by atoms with Crippen LogP contribution in [0.4, 0.5) is 0 Å². The van der Waals surface area contributed by atoms with Crippen LogP contribution in [0.15, 0.2) is 11.6 Å². The monoisotopic (exact) mass is 210 g/mol. The number of hydrogen-bond acceptors (Lipinski definition) is 3. The summed E-state index contributed by atoms with van der Waals surface area (Å²) >= 11 is 0. The minimum Gasteiger partial charge on any atom is -0.347 e. The molecule has 0 bridgehead atoms. The van der Waals surface area contributed by atoms with E-state index in [9.17, 15) is 14.4 Å². The number of likely N-dealkylation sites (N-methyl/N-ethyl adjacent to an activating group) is 1. The Morgan fingerprint density at radius 1 is 1.40 bits per heavy atom. The summed E-state index contributed by atoms with van der Waals surface area (Å²) in [4.78, 5) is 36.9. The summed E-state index contributed by atoms with van der Waals surface area (Å²) < 4.78 is 0. The first kappa shape index (κ1) is 11.4. The summed E-state index contributed by atoms with van der Waals surface area (Å²) in [6.07, 6.45) is 1.25. The van der Waals surface area contributed by atoms with Gasteiger partial charge in [-0.2, -0.15) is 0 Å². The van der Waals surface area contributed by atoms with Crippen LogP contribution in [0.5, 0.6) is 0 Å². The third-order valence-electron chi connectivity index (χ3n) is 2.32. The van der Waals surface area contributed by atoms with Crippen molar-refractivity contribution in [3.8, 4) is 0 Å². The van der Waals surface area contributed by atoms with E-state index >= 15 is 0 Å². The number of carbonyl (C=O) groups excluding carboxylic acids is 3. The van der Waals surface area contributed by atoms with E-state index < -0.39 is 11.9 Å². The molecule has 0 aromatic heterocycles. The fraction of sp³-hybridized carbons (Fsp3) is 0.500. The molecule has 0 N–H and O–H groups in total. The lowest BCUT2D eigenvalue weighted by molar-refractivity contribution is -0.147. The molecule has 0 radical (unpaired) electrons. The van der Waals surface area contributed by atoms with Crippen LogP contribution in [0.3, 0.4) is 0 Å². The van der Waals surface area contributed by atoms with Crippen molar-refractivity contribution in [2.75, 3.05) is 14.1 Å². The van der Waals surface area contributed by atoms with E-state index in [0.29, 0.717) is 5.57 Å². The highest BCUT2D eigenvalue weighted by atomic mass is 16.2. The maximum Gasteiger partial charge on any atom is 0.257 e. The van der Waals surface area contributed by atoms with E-state index in [1.165, 1.54) is 11.0 Å². The molecule has 1 aliphatic rings. The quantitative estimate of drug-likeness (QED) is 0.592. The van der Waals surface area contributed by atoms with Gasteiger partial charge in [-0.1, -0.05) is 0 Å². The molecular formula is C10H14N2O3. The zero-order valence-corrected chi connectivity index (χ0v) is 9.27. The third-order valence-corrected chi connectivity index (χ3v) is 2.32. The molecule has 3 amide bonds. The van der Waals surface area contributed by atoms with E-state index in [1.807, 2.05) is 0 Å². The molecular weight excluding hydrogens is 196 g/mol. The lowest BCUT2D eigenvalue weighted by Gasteiger charge is -2.24. The lowest BCUT2D eigenvalue weighted by atomic mass is 10.2. The van der Waals surface area contributed by atoms with Crippen LogP contribution in [0.1, 0.15) is 13.8 Å². The maximum absolute atomic E-state index is 11.6. The van der Waals surface area contributed by atoms with Gasteiger partial charge < -0.3 is 4.90 Å². The zero-order valence-electron chi connectivity index (χ0n) is 9.27. The first-order valence-electron chi connectivity index (χ1n) is 4.63. The number of carbonyl (C=O) groups is 3. The van der Waals surface area contributed by atoms with Crippen molar-refractivity contribution in [3.63, 3.8) is 0 Å². The Morgan fingerprint density at radius 3 is 2.27 bits per heavy atom. The van der Waals surface area contributed by atoms with Gasteiger partial charge in [-0.3, -0.25) is 19.3 Å². The van der Waals surface area contributed by atoms with Gasteiger partial charge >= 0.3 is 0 Å². The summed E-state index contributed by atoms with van der Waals surface area (Å²) in [5.74, 6) is -1.07. The Labute approximate surface area is 88.3 Å². The Balaban J connectivity index is 2.88. The van der Waals surface area contributed by atoms with E-state index in [2.05, 4.69) is 0 Å². The van der Waals surface area contributed by atoms with Crippen molar-refractivity contribution < 1.29 is 14.4 Å². The van der Waals surface area contributed by atoms with Crippen LogP contribution in [-0.4, -0.2) is 47.7 Å². The molecule has 0 fully saturated rings. The highest BCUT2D eigenvalue weighted by Crippen LogP contribution is 2.16. The highest BCUT2D eigenvalue weighted by molar-refractivity contribution is 6.17. The summed E-state index contributed by atoms with van der Waals surface area (Å²) in [6, 6.07) is -0.742. The zero-order chi connectivity index (χ0) is 11.7. The Kier molecular flexibility index (Phi) is 2.93. The Bertz CT molecular complexity index is 358. The number of imide groups is 1. The second-order valence-corrected chi connectivity index (χ2v) is 3.75. The molecule has 1 rings (SSSR count). The van der Waals surface area contributed by atoms with Crippen LogP contribution in [0.2, 0.25) is 0 Å². The van der Waals surface area contributed by atoms with Gasteiger partial charge in [-0.25, -0.2) is 0 Å². The van der Waals surface area contributed by atoms with Crippen LogP contribution in [-0.2, 0) is 14.4 Å². The van der Waals surface area contributed by atoms with Gasteiger partial charge in [-0.15, -0.1) is 0 Å². The number of hydrogen-bond donors (Lipinski definition) is 0. The predicted molar refractivity (Wildman–Crippen MR) is 53.8 cm³/mol. The summed E-state index contributed by atoms with van der Waals surface area (Å²) in [5, 5.41) is 0. The molecule has 82 valence electrons. The molecule has 1 heterocycles. The molecule has 0 saturated heterocycles. The van der Waals surface area contributed by atoms with Crippen molar-refractivity contribution in [3.05, 3.63) is 11.6 Å². The Hall–Kier alpha value is -1.65. The second kappa shape index (κ2) is 3.84. The molecule has 0 aliphatic carbocycles. The van der Waals surface area contributed by atoms with Crippen molar-refractivity contribution in [2.24, 2.45) is 0 Å². The average Bonchev–Trinajstić information content (AvgIpc) is 2.39. The second-order valence-electron chi connectivity index (χ2n) is 3.75. The van der Waals surface area contributed by atoms with E-state index in [1.54, 1.807) is 27.9 Å². The molecule has 1 unspecified atom stereocenters. The Morgan fingerprint density at radius 2 is 1.93 bits per heavy atom. The normalized spacial score (nSPS) is 17.9. The van der Waals surface area contributed by atoms with Gasteiger partial charge in [-0.05, 0) is 13.8 Å². The highest BCUT2D eigenvalue weighted by Gasteiger charge is 2.36. The molecule has 0 spiro atoms. The smallest absolute Gasteiger partial charge is 0.257 e. The largest absolute Gasteiger partial charge is 0.347 e. The van der Waals surface area contributed by atoms with Gasteiger partial charge in [0.2, 0.25) is 5.91 Å². The molecule has 0 aromatic carbocycles. The minimum absolute atomic E-state index is 0.264. The van der Waals surface area contributed by atoms with E-state index in [0.717, 1.165) is 4.90 Å². The number of nitrogens with zero attached hydrogens (tertiary/aromatic N) is 2. The molecule has 5 heteroatoms. The standard InChI is InChI=1S/C10H14N2O3/c1-6-5-8(13)12(9(6)14)7(2)10(15)11(3)4/h5,7H,1-4H3. The molecule has 1 aliphatic heterocycles. The van der Waals surface area contributed by atoms with Crippen molar-refractivity contribution in [1.82, 2.24) is 9.80 Å². The van der Waals surface area contributed by atoms with Gasteiger partial charge in [0, 0.05) is 25.7 Å². The molecule has 1 atom stereocenters. The molecule has 5 nitrogen and oxygen atoms in total. The van der Waals surface area contributed by atoms with Gasteiger partial charge in [0.25, 0.3) is 11.8 Å². The first-order valence-corrected chi connectivity index (χ1v) is 4.63. The number of rotatable bonds is 2. The minimum atomic E-state index is -0.742. The third kappa shape index (κ3) is 1.91. The maximum atomic E-state index is 11.6. The fourth-order valence-corrected chi connectivity index (χ4v) is 1.46. The topological polar surface area (TPSA) is 57.7 Å². The van der Waals surface area contributed by atoms with E-state index in [-0.39, 0.29) is 11.8 Å². The summed E-state index contributed by atoms with van der Waals surface area (Å²) in [7, 11) is 3.17. The van der Waals surface area contributed by atoms with Crippen molar-refractivity contribution in [1.29, 1.82) is 0 Å². The molecule has 0 aromatic rings. The average molecular weight is 210 g/mol. The first-order chi connectivity index (χ1) is 6.86. The predicted octanol–water partition coefficient (Wildman–Crippen LogP) is -0.222. The fourth-order valence-electron chi connectivity index (χ4n) is 1.46. The lowest BCUT2D eigenvalue weighted by Crippen LogP contribution is -2.47. The van der Waals surface area contributed by atoms with E-state index in [4.69, 9.17) is 0 Å². The van der Waals surface area contributed by atoms with Crippen molar-refractivity contribution in [2.45, 2.75) is 19.9 Å². The molecule has 0 saturated carbocycles. The van der Waals surface area contributed by atoms with Crippen LogP contribution < -0.4 is 0 Å². The van der Waals surface area contributed by atoms with Crippen molar-refractivity contribution >= 4 is 17.7 Å². The van der Waals surface area contributed by atoms with Crippen LogP contribution in [0, 0.1) is 0 Å². The molecule has 15 heavy (non-hydrogen) atoms. The van der Waals surface area contributed by atoms with Crippen LogP contribution >= 0.6 is 0 Å². The SMILES string of the molecule is CC1=CC(=O)N(C(C)C(=O)N(C)C)C1=O. The van der Waals surface area contributed by atoms with Crippen LogP contribution in [0.25, 0.3) is 0 Å². The van der Waals surface area contributed by atoms with Gasteiger partial charge in [0.1, 0.15) is 6.04 Å². The number of amides is 3. The van der Waals surface area contributed by atoms with Gasteiger partial charge in [0.05, 0.1) is 0 Å².